The fourth-order valence-corrected chi connectivity index (χ4v) is 5.08. The van der Waals surface area contributed by atoms with E-state index in [2.05, 4.69) is 0 Å². The van der Waals surface area contributed by atoms with Crippen LogP contribution >= 0.6 is 0 Å². The molecule has 3 aromatic rings. The Bertz CT molecular complexity index is 1310. The van der Waals surface area contributed by atoms with E-state index in [0.29, 0.717) is 11.1 Å². The van der Waals surface area contributed by atoms with Gasteiger partial charge in [-0.15, -0.1) is 0 Å². The second-order valence-electron chi connectivity index (χ2n) is 9.26. The average molecular weight is 499 g/mol. The molecule has 0 radical (unpaired) electrons. The second kappa shape index (κ2) is 10.5. The third kappa shape index (κ3) is 4.82. The van der Waals surface area contributed by atoms with Crippen molar-refractivity contribution in [1.29, 1.82) is 0 Å². The first kappa shape index (κ1) is 24.6. The number of cyclic esters (lactones) is 1. The van der Waals surface area contributed by atoms with Crippen molar-refractivity contribution in [3.8, 4) is 0 Å². The van der Waals surface area contributed by atoms with E-state index in [1.165, 1.54) is 6.08 Å². The van der Waals surface area contributed by atoms with E-state index in [-0.39, 0.29) is 37.2 Å². The van der Waals surface area contributed by atoms with Gasteiger partial charge in [0.1, 0.15) is 12.1 Å². The number of fused-ring (bicyclic) bond motifs is 1. The Morgan fingerprint density at radius 2 is 1.38 bits per heavy atom. The number of likely N-dealkylation sites (N-methyl/N-ethyl adjacent to an activating group) is 1. The number of amides is 2. The third-order valence-corrected chi connectivity index (χ3v) is 6.99. The number of carbonyl (C=O) groups is 3. The maximum absolute atomic E-state index is 15.1. The fourth-order valence-electron chi connectivity index (χ4n) is 5.08. The van der Waals surface area contributed by atoms with Crippen LogP contribution in [-0.4, -0.2) is 47.2 Å². The highest BCUT2D eigenvalue weighted by atomic mass is 19.1. The summed E-state index contributed by atoms with van der Waals surface area (Å²) in [7, 11) is 1.81. The molecular weight excluding hydrogens is 471 g/mol. The third-order valence-electron chi connectivity index (χ3n) is 6.99. The van der Waals surface area contributed by atoms with E-state index < -0.39 is 23.9 Å². The number of morpholine rings is 1. The van der Waals surface area contributed by atoms with Crippen LogP contribution in [0.4, 0.5) is 4.39 Å². The van der Waals surface area contributed by atoms with E-state index in [0.717, 1.165) is 16.0 Å². The molecule has 7 heteroatoms. The largest absolute Gasteiger partial charge is 0.454 e. The summed E-state index contributed by atoms with van der Waals surface area (Å²) in [6, 6.07) is 24.8. The first-order chi connectivity index (χ1) is 18.0. The summed E-state index contributed by atoms with van der Waals surface area (Å²) in [5.74, 6) is -1.73. The van der Waals surface area contributed by atoms with Gasteiger partial charge in [-0.25, -0.2) is 4.39 Å². The summed E-state index contributed by atoms with van der Waals surface area (Å²) < 4.78 is 21.0. The van der Waals surface area contributed by atoms with Gasteiger partial charge in [-0.3, -0.25) is 24.2 Å². The summed E-state index contributed by atoms with van der Waals surface area (Å²) >= 11 is 0. The fraction of sp³-hybridized carbons (Fsp3) is 0.233. The summed E-state index contributed by atoms with van der Waals surface area (Å²) in [6.07, 6.45) is 0.795. The number of rotatable bonds is 7. The molecule has 3 aromatic carbocycles. The molecule has 2 heterocycles. The topological polar surface area (TPSA) is 66.9 Å². The van der Waals surface area contributed by atoms with Gasteiger partial charge in [-0.05, 0) is 36.7 Å². The van der Waals surface area contributed by atoms with Crippen LogP contribution in [0.15, 0.2) is 96.8 Å². The predicted octanol–water partition coefficient (Wildman–Crippen LogP) is 5.26. The van der Waals surface area contributed by atoms with Gasteiger partial charge in [0.25, 0.3) is 11.8 Å². The van der Waals surface area contributed by atoms with Crippen molar-refractivity contribution < 1.29 is 23.5 Å². The van der Waals surface area contributed by atoms with E-state index in [4.69, 9.17) is 4.74 Å². The van der Waals surface area contributed by atoms with Crippen LogP contribution in [0.3, 0.4) is 0 Å². The molecule has 0 aromatic heterocycles. The Morgan fingerprint density at radius 3 is 1.97 bits per heavy atom. The molecule has 0 N–H and O–H groups in total. The van der Waals surface area contributed by atoms with Crippen LogP contribution in [0.5, 0.6) is 0 Å². The van der Waals surface area contributed by atoms with Crippen LogP contribution in [0.2, 0.25) is 0 Å². The minimum Gasteiger partial charge on any atom is -0.454 e. The number of halogens is 1. The van der Waals surface area contributed by atoms with E-state index in [1.807, 2.05) is 72.6 Å². The average Bonchev–Trinajstić information content (AvgIpc) is 3.16. The molecule has 5 rings (SSSR count). The van der Waals surface area contributed by atoms with Crippen LogP contribution in [0.1, 0.15) is 56.8 Å². The standard InChI is InChI=1S/C30H27FN2O4/c1-32-25(19-22(31)15-10-18-33-28(34)23-16-8-9-17-24(23)29(33)35)30(36)37-27(21-13-6-3-7-14-21)26(32)20-11-4-2-5-12-20/h2-9,11-17,25-27H,10,18-19H2,1H3/b22-15+. The lowest BCUT2D eigenvalue weighted by atomic mass is 9.91. The van der Waals surface area contributed by atoms with Gasteiger partial charge in [-0.2, -0.15) is 0 Å². The molecule has 188 valence electrons. The van der Waals surface area contributed by atoms with Gasteiger partial charge in [0.2, 0.25) is 0 Å². The second-order valence-corrected chi connectivity index (χ2v) is 9.26. The Morgan fingerprint density at radius 1 is 0.838 bits per heavy atom. The molecular formula is C30H27FN2O4. The van der Waals surface area contributed by atoms with E-state index in [1.54, 1.807) is 24.3 Å². The van der Waals surface area contributed by atoms with Crippen LogP contribution in [0.25, 0.3) is 0 Å². The monoisotopic (exact) mass is 498 g/mol. The van der Waals surface area contributed by atoms with E-state index in [9.17, 15) is 14.4 Å². The van der Waals surface area contributed by atoms with Gasteiger partial charge in [0, 0.05) is 13.0 Å². The molecule has 37 heavy (non-hydrogen) atoms. The molecule has 0 spiro atoms. The lowest BCUT2D eigenvalue weighted by Crippen LogP contribution is -2.49. The zero-order valence-corrected chi connectivity index (χ0v) is 20.4. The van der Waals surface area contributed by atoms with Crippen molar-refractivity contribution in [1.82, 2.24) is 9.80 Å². The first-order valence-electron chi connectivity index (χ1n) is 12.3. The highest BCUT2D eigenvalue weighted by Crippen LogP contribution is 2.42. The van der Waals surface area contributed by atoms with Crippen molar-refractivity contribution in [2.75, 3.05) is 13.6 Å². The number of imide groups is 1. The molecule has 2 aliphatic heterocycles. The van der Waals surface area contributed by atoms with Crippen LogP contribution in [-0.2, 0) is 9.53 Å². The molecule has 1 saturated heterocycles. The lowest BCUT2D eigenvalue weighted by molar-refractivity contribution is -0.173. The number of esters is 1. The lowest BCUT2D eigenvalue weighted by Gasteiger charge is -2.43. The van der Waals surface area contributed by atoms with Crippen molar-refractivity contribution in [3.63, 3.8) is 0 Å². The Hall–Kier alpha value is -4.10. The number of ether oxygens (including phenoxy) is 1. The van der Waals surface area contributed by atoms with Crippen molar-refractivity contribution in [2.24, 2.45) is 0 Å². The minimum absolute atomic E-state index is 0.0629. The number of hydrogen-bond acceptors (Lipinski definition) is 5. The predicted molar refractivity (Wildman–Crippen MR) is 136 cm³/mol. The molecule has 0 saturated carbocycles. The highest BCUT2D eigenvalue weighted by molar-refractivity contribution is 6.21. The molecule has 0 aliphatic carbocycles. The Labute approximate surface area is 215 Å². The zero-order chi connectivity index (χ0) is 25.9. The Balaban J connectivity index is 1.29. The summed E-state index contributed by atoms with van der Waals surface area (Å²) in [5.41, 5.74) is 2.56. The smallest absolute Gasteiger partial charge is 0.324 e. The van der Waals surface area contributed by atoms with Crippen molar-refractivity contribution >= 4 is 17.8 Å². The first-order valence-corrected chi connectivity index (χ1v) is 12.3. The molecule has 3 unspecified atom stereocenters. The quantitative estimate of drug-likeness (QED) is 0.329. The number of nitrogens with zero attached hydrogens (tertiary/aromatic N) is 2. The van der Waals surface area contributed by atoms with E-state index >= 15 is 4.39 Å². The SMILES string of the molecule is CN1C(C/C(F)=C\CCN2C(=O)c3ccccc3C2=O)C(=O)OC(c2ccccc2)C1c1ccccc1. The zero-order valence-electron chi connectivity index (χ0n) is 20.4. The number of benzene rings is 3. The maximum atomic E-state index is 15.1. The highest BCUT2D eigenvalue weighted by Gasteiger charge is 2.43. The number of hydrogen-bond donors (Lipinski definition) is 0. The molecule has 3 atom stereocenters. The Kier molecular flexibility index (Phi) is 6.97. The molecule has 1 fully saturated rings. The van der Waals surface area contributed by atoms with Crippen LogP contribution < -0.4 is 0 Å². The van der Waals surface area contributed by atoms with Gasteiger partial charge in [-0.1, -0.05) is 78.9 Å². The van der Waals surface area contributed by atoms with Crippen molar-refractivity contribution in [2.45, 2.75) is 31.0 Å². The minimum atomic E-state index is -0.819. The van der Waals surface area contributed by atoms with Gasteiger partial charge in [0.05, 0.1) is 23.0 Å². The summed E-state index contributed by atoms with van der Waals surface area (Å²) in [6.45, 7) is 0.0629. The van der Waals surface area contributed by atoms with Gasteiger partial charge < -0.3 is 4.74 Å². The summed E-state index contributed by atoms with van der Waals surface area (Å²) in [4.78, 5) is 41.1. The van der Waals surface area contributed by atoms with Crippen LogP contribution in [0, 0.1) is 0 Å². The number of carbonyl (C=O) groups excluding carboxylic acids is 3. The van der Waals surface area contributed by atoms with Crippen molar-refractivity contribution in [3.05, 3.63) is 119 Å². The molecule has 2 amide bonds. The summed E-state index contributed by atoms with van der Waals surface area (Å²) in [5, 5.41) is 0. The van der Waals surface area contributed by atoms with Gasteiger partial charge >= 0.3 is 5.97 Å². The van der Waals surface area contributed by atoms with Gasteiger partial charge in [0.15, 0.2) is 0 Å². The maximum Gasteiger partial charge on any atom is 0.324 e. The molecule has 6 nitrogen and oxygen atoms in total. The normalized spacial score (nSPS) is 22.2. The molecule has 2 aliphatic rings. The molecule has 0 bridgehead atoms.